The van der Waals surface area contributed by atoms with Crippen molar-refractivity contribution < 1.29 is 18.3 Å². The molecule has 1 fully saturated rings. The summed E-state index contributed by atoms with van der Waals surface area (Å²) in [5.41, 5.74) is 2.05. The molecule has 4 rings (SSSR count). The maximum absolute atomic E-state index is 13.7. The number of halogens is 2. The van der Waals surface area contributed by atoms with Crippen molar-refractivity contribution >= 4 is 34.2 Å². The van der Waals surface area contributed by atoms with E-state index in [0.717, 1.165) is 18.4 Å². The highest BCUT2D eigenvalue weighted by molar-refractivity contribution is 6.31. The Morgan fingerprint density at radius 1 is 1.28 bits per heavy atom. The van der Waals surface area contributed by atoms with E-state index in [0.29, 0.717) is 34.8 Å². The smallest absolute Gasteiger partial charge is 0.256 e. The Hall–Kier alpha value is -2.70. The van der Waals surface area contributed by atoms with E-state index >= 15 is 0 Å². The summed E-state index contributed by atoms with van der Waals surface area (Å²) in [6.07, 6.45) is 1.92. The van der Waals surface area contributed by atoms with Crippen LogP contribution in [0.15, 0.2) is 51.9 Å². The van der Waals surface area contributed by atoms with Crippen molar-refractivity contribution in [3.8, 4) is 0 Å². The van der Waals surface area contributed by atoms with E-state index in [9.17, 15) is 9.18 Å². The SMILES string of the molecule is Cc1ccc(F)cc1N=c1oc2ccc(Cl)cc2cc1C(=O)NC[C@H]1CCCO1. The predicted molar refractivity (Wildman–Crippen MR) is 109 cm³/mol. The largest absolute Gasteiger partial charge is 0.438 e. The van der Waals surface area contributed by atoms with Gasteiger partial charge >= 0.3 is 0 Å². The van der Waals surface area contributed by atoms with Gasteiger partial charge in [-0.2, -0.15) is 0 Å². The molecule has 0 aliphatic carbocycles. The van der Waals surface area contributed by atoms with E-state index < -0.39 is 5.82 Å². The Morgan fingerprint density at radius 3 is 2.93 bits per heavy atom. The van der Waals surface area contributed by atoms with E-state index in [1.165, 1.54) is 12.1 Å². The number of nitrogens with one attached hydrogen (secondary N) is 1. The summed E-state index contributed by atoms with van der Waals surface area (Å²) in [7, 11) is 0. The van der Waals surface area contributed by atoms with Crippen LogP contribution in [-0.4, -0.2) is 25.2 Å². The van der Waals surface area contributed by atoms with E-state index in [4.69, 9.17) is 20.8 Å². The molecule has 150 valence electrons. The quantitative estimate of drug-likeness (QED) is 0.674. The third kappa shape index (κ3) is 4.49. The molecule has 0 bridgehead atoms. The van der Waals surface area contributed by atoms with Gasteiger partial charge < -0.3 is 14.5 Å². The van der Waals surface area contributed by atoms with Gasteiger partial charge in [-0.05, 0) is 61.7 Å². The number of fused-ring (bicyclic) bond motifs is 1. The number of amides is 1. The minimum Gasteiger partial charge on any atom is -0.438 e. The van der Waals surface area contributed by atoms with Crippen LogP contribution in [0.5, 0.6) is 0 Å². The highest BCUT2D eigenvalue weighted by Gasteiger charge is 2.19. The summed E-state index contributed by atoms with van der Waals surface area (Å²) in [5, 5.41) is 4.09. The first-order chi connectivity index (χ1) is 14.0. The second kappa shape index (κ2) is 8.35. The van der Waals surface area contributed by atoms with Gasteiger partial charge in [0.15, 0.2) is 0 Å². The van der Waals surface area contributed by atoms with Crippen LogP contribution in [0.2, 0.25) is 5.02 Å². The van der Waals surface area contributed by atoms with Crippen LogP contribution in [0.25, 0.3) is 11.0 Å². The second-order valence-corrected chi connectivity index (χ2v) is 7.47. The first-order valence-corrected chi connectivity index (χ1v) is 9.81. The maximum atomic E-state index is 13.7. The van der Waals surface area contributed by atoms with Crippen molar-refractivity contribution in [1.29, 1.82) is 0 Å². The highest BCUT2D eigenvalue weighted by Crippen LogP contribution is 2.22. The zero-order chi connectivity index (χ0) is 20.4. The molecule has 1 aromatic heterocycles. The molecule has 1 amide bonds. The summed E-state index contributed by atoms with van der Waals surface area (Å²) < 4.78 is 25.2. The molecule has 0 unspecified atom stereocenters. The standard InChI is InChI=1S/C22H20ClFN2O3/c1-13-4-6-16(24)11-19(13)26-22-18(21(27)25-12-17-3-2-8-28-17)10-14-9-15(23)5-7-20(14)29-22/h4-7,9-11,17H,2-3,8,12H2,1H3,(H,25,27)/t17-/m1/s1. The Labute approximate surface area is 172 Å². The normalized spacial score (nSPS) is 17.1. The molecular formula is C22H20ClFN2O3. The molecule has 1 aliphatic rings. The van der Waals surface area contributed by atoms with Gasteiger partial charge in [-0.25, -0.2) is 9.38 Å². The molecule has 0 saturated carbocycles. The van der Waals surface area contributed by atoms with Gasteiger partial charge in [0.05, 0.1) is 11.8 Å². The van der Waals surface area contributed by atoms with E-state index in [-0.39, 0.29) is 23.1 Å². The number of hydrogen-bond donors (Lipinski definition) is 1. The van der Waals surface area contributed by atoms with Gasteiger partial charge in [-0.3, -0.25) is 4.79 Å². The molecule has 3 aromatic rings. The van der Waals surface area contributed by atoms with Crippen molar-refractivity contribution in [2.75, 3.05) is 13.2 Å². The molecule has 1 saturated heterocycles. The minimum atomic E-state index is -0.411. The van der Waals surface area contributed by atoms with Crippen molar-refractivity contribution in [2.24, 2.45) is 4.99 Å². The molecule has 0 spiro atoms. The topological polar surface area (TPSA) is 63.8 Å². The molecular weight excluding hydrogens is 395 g/mol. The lowest BCUT2D eigenvalue weighted by Crippen LogP contribution is -2.34. The van der Waals surface area contributed by atoms with Gasteiger partial charge in [0.25, 0.3) is 5.91 Å². The fraction of sp³-hybridized carbons (Fsp3) is 0.273. The number of ether oxygens (including phenoxy) is 1. The summed E-state index contributed by atoms with van der Waals surface area (Å²) in [6, 6.07) is 11.1. The van der Waals surface area contributed by atoms with Crippen LogP contribution in [0.3, 0.4) is 0 Å². The van der Waals surface area contributed by atoms with Gasteiger partial charge in [0, 0.05) is 23.6 Å². The Kier molecular flexibility index (Phi) is 5.65. The summed E-state index contributed by atoms with van der Waals surface area (Å²) in [6.45, 7) is 2.94. The predicted octanol–water partition coefficient (Wildman–Crippen LogP) is 4.67. The van der Waals surface area contributed by atoms with Gasteiger partial charge in [0.1, 0.15) is 17.0 Å². The maximum Gasteiger partial charge on any atom is 0.256 e. The number of aryl methyl sites for hydroxylation is 1. The molecule has 0 radical (unpaired) electrons. The van der Waals surface area contributed by atoms with Gasteiger partial charge in [-0.15, -0.1) is 0 Å². The monoisotopic (exact) mass is 414 g/mol. The lowest BCUT2D eigenvalue weighted by molar-refractivity contribution is 0.0854. The van der Waals surface area contributed by atoms with Crippen LogP contribution < -0.4 is 10.9 Å². The minimum absolute atomic E-state index is 0.0108. The van der Waals surface area contributed by atoms with Crippen molar-refractivity contribution in [3.05, 3.63) is 70.0 Å². The zero-order valence-corrected chi connectivity index (χ0v) is 16.6. The van der Waals surface area contributed by atoms with Crippen LogP contribution in [0.4, 0.5) is 10.1 Å². The molecule has 29 heavy (non-hydrogen) atoms. The molecule has 2 aromatic carbocycles. The third-order valence-electron chi connectivity index (χ3n) is 4.86. The Balaban J connectivity index is 1.79. The number of carbonyl (C=O) groups excluding carboxylic acids is 1. The van der Waals surface area contributed by atoms with Crippen LogP contribution >= 0.6 is 11.6 Å². The number of nitrogens with zero attached hydrogens (tertiary/aromatic N) is 1. The molecule has 5 nitrogen and oxygen atoms in total. The fourth-order valence-electron chi connectivity index (χ4n) is 3.27. The lowest BCUT2D eigenvalue weighted by Gasteiger charge is -2.11. The Morgan fingerprint density at radius 2 is 2.14 bits per heavy atom. The van der Waals surface area contributed by atoms with Crippen LogP contribution in [-0.2, 0) is 4.74 Å². The number of hydrogen-bond acceptors (Lipinski definition) is 4. The molecule has 1 aliphatic heterocycles. The first kappa shape index (κ1) is 19.6. The van der Waals surface area contributed by atoms with E-state index in [2.05, 4.69) is 10.3 Å². The lowest BCUT2D eigenvalue weighted by atomic mass is 10.1. The van der Waals surface area contributed by atoms with Crippen LogP contribution in [0.1, 0.15) is 28.8 Å². The average Bonchev–Trinajstić information content (AvgIpc) is 3.22. The molecule has 1 atom stereocenters. The second-order valence-electron chi connectivity index (χ2n) is 7.04. The van der Waals surface area contributed by atoms with Crippen molar-refractivity contribution in [1.82, 2.24) is 5.32 Å². The first-order valence-electron chi connectivity index (χ1n) is 9.44. The number of rotatable bonds is 4. The van der Waals surface area contributed by atoms with Crippen LogP contribution in [0, 0.1) is 12.7 Å². The van der Waals surface area contributed by atoms with Crippen molar-refractivity contribution in [3.63, 3.8) is 0 Å². The van der Waals surface area contributed by atoms with Gasteiger partial charge in [0.2, 0.25) is 5.55 Å². The summed E-state index contributed by atoms with van der Waals surface area (Å²) in [5.74, 6) is -0.745. The molecule has 2 heterocycles. The van der Waals surface area contributed by atoms with Crippen molar-refractivity contribution in [2.45, 2.75) is 25.9 Å². The molecule has 7 heteroatoms. The number of carbonyl (C=O) groups is 1. The van der Waals surface area contributed by atoms with Gasteiger partial charge in [-0.1, -0.05) is 17.7 Å². The van der Waals surface area contributed by atoms with E-state index in [1.807, 2.05) is 6.92 Å². The summed E-state index contributed by atoms with van der Waals surface area (Å²) in [4.78, 5) is 17.3. The number of benzene rings is 2. The highest BCUT2D eigenvalue weighted by atomic mass is 35.5. The molecule has 1 N–H and O–H groups in total. The summed E-state index contributed by atoms with van der Waals surface area (Å²) >= 11 is 6.08. The fourth-order valence-corrected chi connectivity index (χ4v) is 3.45. The average molecular weight is 415 g/mol. The third-order valence-corrected chi connectivity index (χ3v) is 5.10. The Bertz CT molecular complexity index is 1140. The van der Waals surface area contributed by atoms with E-state index in [1.54, 1.807) is 30.3 Å². The zero-order valence-electron chi connectivity index (χ0n) is 15.9.